The number of hydrazone groups is 1. The van der Waals surface area contributed by atoms with Crippen molar-refractivity contribution in [3.05, 3.63) is 35.0 Å². The molecule has 0 aliphatic carbocycles. The third-order valence-electron chi connectivity index (χ3n) is 2.61. The lowest BCUT2D eigenvalue weighted by Gasteiger charge is -2.05. The maximum atomic E-state index is 8.80. The van der Waals surface area contributed by atoms with Crippen molar-refractivity contribution >= 4 is 17.1 Å². The summed E-state index contributed by atoms with van der Waals surface area (Å²) in [6, 6.07) is 7.80. The van der Waals surface area contributed by atoms with Gasteiger partial charge in [-0.15, -0.1) is 0 Å². The molecule has 2 aromatic rings. The topological polar surface area (TPSA) is 64.0 Å². The van der Waals surface area contributed by atoms with Gasteiger partial charge in [-0.3, -0.25) is 0 Å². The highest BCUT2D eigenvalue weighted by Crippen LogP contribution is 2.23. The van der Waals surface area contributed by atoms with Gasteiger partial charge in [-0.05, 0) is 12.1 Å². The van der Waals surface area contributed by atoms with Crippen LogP contribution in [0.4, 0.5) is 0 Å². The molecule has 0 atom stereocenters. The molecule has 15 heavy (non-hydrogen) atoms. The normalized spacial score (nSPS) is 13.3. The minimum absolute atomic E-state index is 0.672. The van der Waals surface area contributed by atoms with Crippen LogP contribution in [-0.4, -0.2) is 11.2 Å². The first-order valence-electron chi connectivity index (χ1n) is 4.69. The molecule has 2 heterocycles. The molecule has 1 aromatic heterocycles. The number of hydrogen-bond acceptors (Lipinski definition) is 3. The molecule has 4 nitrogen and oxygen atoms in total. The molecule has 0 fully saturated rings. The standard InChI is InChI=1S/C11H8N4/c12-4-7-1-2-8-9-5-13-14-6-11(9)15-10(8)3-7/h1-3,6,13,15H,5H2. The number of hydrogen-bond donors (Lipinski definition) is 2. The monoisotopic (exact) mass is 196 g/mol. The van der Waals surface area contributed by atoms with E-state index < -0.39 is 0 Å². The smallest absolute Gasteiger partial charge is 0.0992 e. The second-order valence-electron chi connectivity index (χ2n) is 3.48. The van der Waals surface area contributed by atoms with Crippen LogP contribution in [0.15, 0.2) is 23.3 Å². The second kappa shape index (κ2) is 2.85. The highest BCUT2D eigenvalue weighted by Gasteiger charge is 2.12. The maximum Gasteiger partial charge on any atom is 0.0992 e. The first kappa shape index (κ1) is 8.06. The zero-order chi connectivity index (χ0) is 10.3. The van der Waals surface area contributed by atoms with Crippen LogP contribution in [0.1, 0.15) is 16.8 Å². The van der Waals surface area contributed by atoms with E-state index in [1.54, 1.807) is 6.21 Å². The molecular formula is C11H8N4. The van der Waals surface area contributed by atoms with E-state index >= 15 is 0 Å². The Morgan fingerprint density at radius 3 is 3.20 bits per heavy atom. The van der Waals surface area contributed by atoms with Crippen LogP contribution in [0.3, 0.4) is 0 Å². The van der Waals surface area contributed by atoms with Crippen LogP contribution in [-0.2, 0) is 6.54 Å². The highest BCUT2D eigenvalue weighted by atomic mass is 15.3. The number of aromatic nitrogens is 1. The number of nitrogens with one attached hydrogen (secondary N) is 2. The molecule has 1 aliphatic rings. The molecule has 4 heteroatoms. The van der Waals surface area contributed by atoms with Gasteiger partial charge in [-0.1, -0.05) is 6.07 Å². The molecule has 0 amide bonds. The lowest BCUT2D eigenvalue weighted by atomic mass is 10.1. The molecule has 1 aliphatic heterocycles. The number of fused-ring (bicyclic) bond motifs is 3. The Hall–Kier alpha value is -2.28. The Balaban J connectivity index is 2.33. The van der Waals surface area contributed by atoms with Crippen molar-refractivity contribution in [2.24, 2.45) is 5.10 Å². The van der Waals surface area contributed by atoms with Crippen molar-refractivity contribution in [2.45, 2.75) is 6.54 Å². The summed E-state index contributed by atoms with van der Waals surface area (Å²) >= 11 is 0. The quantitative estimate of drug-likeness (QED) is 0.670. The Morgan fingerprint density at radius 1 is 1.40 bits per heavy atom. The predicted molar refractivity (Wildman–Crippen MR) is 57.4 cm³/mol. The van der Waals surface area contributed by atoms with E-state index in [-0.39, 0.29) is 0 Å². The summed E-state index contributed by atoms with van der Waals surface area (Å²) in [5, 5.41) is 13.9. The van der Waals surface area contributed by atoms with Crippen LogP contribution < -0.4 is 5.43 Å². The van der Waals surface area contributed by atoms with Crippen molar-refractivity contribution in [1.82, 2.24) is 10.4 Å². The number of nitriles is 1. The molecular weight excluding hydrogens is 188 g/mol. The zero-order valence-corrected chi connectivity index (χ0v) is 7.91. The molecule has 0 bridgehead atoms. The maximum absolute atomic E-state index is 8.80. The summed E-state index contributed by atoms with van der Waals surface area (Å²) in [6.07, 6.45) is 1.77. The van der Waals surface area contributed by atoms with Crippen molar-refractivity contribution in [2.75, 3.05) is 0 Å². The van der Waals surface area contributed by atoms with Crippen LogP contribution in [0.25, 0.3) is 10.9 Å². The van der Waals surface area contributed by atoms with Gasteiger partial charge < -0.3 is 10.4 Å². The SMILES string of the molecule is N#Cc1ccc2c3c([nH]c2c1)C=NNC3. The number of rotatable bonds is 0. The van der Waals surface area contributed by atoms with E-state index in [0.717, 1.165) is 23.1 Å². The molecule has 0 unspecified atom stereocenters. The van der Waals surface area contributed by atoms with E-state index in [1.165, 1.54) is 5.56 Å². The molecule has 0 saturated carbocycles. The molecule has 3 rings (SSSR count). The van der Waals surface area contributed by atoms with E-state index in [1.807, 2.05) is 18.2 Å². The van der Waals surface area contributed by atoms with E-state index in [2.05, 4.69) is 21.6 Å². The highest BCUT2D eigenvalue weighted by molar-refractivity contribution is 5.94. The minimum Gasteiger partial charge on any atom is -0.353 e. The van der Waals surface area contributed by atoms with Gasteiger partial charge in [-0.25, -0.2) is 0 Å². The van der Waals surface area contributed by atoms with Crippen LogP contribution in [0.2, 0.25) is 0 Å². The first-order valence-corrected chi connectivity index (χ1v) is 4.69. The van der Waals surface area contributed by atoms with Gasteiger partial charge in [0.05, 0.1) is 30.1 Å². The number of H-pyrrole nitrogens is 1. The van der Waals surface area contributed by atoms with Gasteiger partial charge >= 0.3 is 0 Å². The average molecular weight is 196 g/mol. The summed E-state index contributed by atoms with van der Waals surface area (Å²) < 4.78 is 0. The van der Waals surface area contributed by atoms with E-state index in [4.69, 9.17) is 5.26 Å². The molecule has 1 aromatic carbocycles. The molecule has 2 N–H and O–H groups in total. The van der Waals surface area contributed by atoms with Crippen LogP contribution in [0.5, 0.6) is 0 Å². The molecule has 72 valence electrons. The fourth-order valence-corrected chi connectivity index (χ4v) is 1.88. The molecule has 0 saturated heterocycles. The van der Waals surface area contributed by atoms with Crippen LogP contribution >= 0.6 is 0 Å². The molecule has 0 spiro atoms. The number of nitrogens with zero attached hydrogens (tertiary/aromatic N) is 2. The Morgan fingerprint density at radius 2 is 2.33 bits per heavy atom. The fraction of sp³-hybridized carbons (Fsp3) is 0.0909. The minimum atomic E-state index is 0.672. The summed E-state index contributed by atoms with van der Waals surface area (Å²) in [4.78, 5) is 3.25. The predicted octanol–water partition coefficient (Wildman–Crippen LogP) is 1.48. The summed E-state index contributed by atoms with van der Waals surface area (Å²) in [7, 11) is 0. The third kappa shape index (κ3) is 1.10. The van der Waals surface area contributed by atoms with E-state index in [0.29, 0.717) is 5.56 Å². The molecule has 0 radical (unpaired) electrons. The van der Waals surface area contributed by atoms with Crippen LogP contribution in [0, 0.1) is 11.3 Å². The fourth-order valence-electron chi connectivity index (χ4n) is 1.88. The number of benzene rings is 1. The summed E-state index contributed by atoms with van der Waals surface area (Å²) in [5.74, 6) is 0. The zero-order valence-electron chi connectivity index (χ0n) is 7.91. The summed E-state index contributed by atoms with van der Waals surface area (Å²) in [6.45, 7) is 0.734. The first-order chi connectivity index (χ1) is 7.38. The average Bonchev–Trinajstić information content (AvgIpc) is 2.66. The Labute approximate surface area is 86.2 Å². The van der Waals surface area contributed by atoms with Gasteiger partial charge in [0.2, 0.25) is 0 Å². The van der Waals surface area contributed by atoms with Gasteiger partial charge in [0.1, 0.15) is 0 Å². The van der Waals surface area contributed by atoms with Crippen molar-refractivity contribution in [3.63, 3.8) is 0 Å². The van der Waals surface area contributed by atoms with Gasteiger partial charge in [0.15, 0.2) is 0 Å². The van der Waals surface area contributed by atoms with Crippen molar-refractivity contribution in [1.29, 1.82) is 5.26 Å². The number of aromatic amines is 1. The Kier molecular flexibility index (Phi) is 1.53. The van der Waals surface area contributed by atoms with E-state index in [9.17, 15) is 0 Å². The second-order valence-corrected chi connectivity index (χ2v) is 3.48. The third-order valence-corrected chi connectivity index (χ3v) is 2.61. The van der Waals surface area contributed by atoms with Gasteiger partial charge in [-0.2, -0.15) is 10.4 Å². The van der Waals surface area contributed by atoms with Gasteiger partial charge in [0, 0.05) is 16.5 Å². The largest absolute Gasteiger partial charge is 0.353 e. The Bertz CT molecular complexity index is 601. The lowest BCUT2D eigenvalue weighted by Crippen LogP contribution is -2.12. The van der Waals surface area contributed by atoms with Crippen molar-refractivity contribution < 1.29 is 0 Å². The lowest BCUT2D eigenvalue weighted by molar-refractivity contribution is 0.738. The van der Waals surface area contributed by atoms with Crippen molar-refractivity contribution in [3.8, 4) is 6.07 Å². The van der Waals surface area contributed by atoms with Gasteiger partial charge in [0.25, 0.3) is 0 Å². The summed E-state index contributed by atoms with van der Waals surface area (Å²) in [5.41, 5.74) is 6.84.